The summed E-state index contributed by atoms with van der Waals surface area (Å²) in [4.78, 5) is 0. The maximum absolute atomic E-state index is 2.30. The van der Waals surface area contributed by atoms with Crippen LogP contribution >= 0.6 is 0 Å². The Morgan fingerprint density at radius 2 is 0.576 bits per heavy atom. The highest BCUT2D eigenvalue weighted by Crippen LogP contribution is 2.32. The van der Waals surface area contributed by atoms with Crippen LogP contribution in [0.2, 0.25) is 0 Å². The third-order valence-corrected chi connectivity index (χ3v) is 6.16. The van der Waals surface area contributed by atoms with Gasteiger partial charge in [0.25, 0.3) is 0 Å². The molecule has 0 N–H and O–H groups in total. The van der Waals surface area contributed by atoms with Gasteiger partial charge >= 0.3 is 0 Å². The molecule has 160 valence electrons. The summed E-state index contributed by atoms with van der Waals surface area (Å²) in [6, 6.07) is 42.0. The summed E-state index contributed by atoms with van der Waals surface area (Å²) in [5.41, 5.74) is 13.9. The zero-order chi connectivity index (χ0) is 22.8. The average Bonchev–Trinajstić information content (AvgIpc) is 2.84. The van der Waals surface area contributed by atoms with Gasteiger partial charge in [0.2, 0.25) is 0 Å². The maximum Gasteiger partial charge on any atom is -0.0178 e. The van der Waals surface area contributed by atoms with Crippen molar-refractivity contribution < 1.29 is 0 Å². The topological polar surface area (TPSA) is 0 Å². The zero-order valence-corrected chi connectivity index (χ0v) is 19.5. The van der Waals surface area contributed by atoms with Crippen LogP contribution in [0.3, 0.4) is 0 Å². The summed E-state index contributed by atoms with van der Waals surface area (Å²) in [7, 11) is 0. The van der Waals surface area contributed by atoms with Gasteiger partial charge in [0.1, 0.15) is 0 Å². The van der Waals surface area contributed by atoms with Gasteiger partial charge in [0.05, 0.1) is 0 Å². The molecule has 0 saturated carbocycles. The molecule has 0 aliphatic heterocycles. The molecule has 0 spiro atoms. The van der Waals surface area contributed by atoms with Gasteiger partial charge in [0.15, 0.2) is 0 Å². The summed E-state index contributed by atoms with van der Waals surface area (Å²) >= 11 is 0. The number of hydrogen-bond acceptors (Lipinski definition) is 0. The summed E-state index contributed by atoms with van der Waals surface area (Å²) in [5.74, 6) is 0. The van der Waals surface area contributed by atoms with Gasteiger partial charge in [-0.25, -0.2) is 0 Å². The van der Waals surface area contributed by atoms with E-state index in [1.807, 2.05) is 0 Å². The molecule has 5 aromatic rings. The van der Waals surface area contributed by atoms with Crippen LogP contribution in [0.25, 0.3) is 44.5 Å². The van der Waals surface area contributed by atoms with Crippen molar-refractivity contribution in [3.63, 3.8) is 0 Å². The normalized spacial score (nSPS) is 10.9. The van der Waals surface area contributed by atoms with Crippen molar-refractivity contribution in [3.05, 3.63) is 132 Å². The van der Waals surface area contributed by atoms with Crippen LogP contribution in [0, 0.1) is 20.8 Å². The van der Waals surface area contributed by atoms with Crippen molar-refractivity contribution in [2.24, 2.45) is 0 Å². The van der Waals surface area contributed by atoms with E-state index in [2.05, 4.69) is 136 Å². The van der Waals surface area contributed by atoms with Crippen molar-refractivity contribution in [2.45, 2.75) is 20.8 Å². The Morgan fingerprint density at radius 1 is 0.273 bits per heavy atom. The predicted molar refractivity (Wildman–Crippen MR) is 142 cm³/mol. The van der Waals surface area contributed by atoms with Gasteiger partial charge in [0, 0.05) is 0 Å². The predicted octanol–water partition coefficient (Wildman–Crippen LogP) is 9.28. The van der Waals surface area contributed by atoms with E-state index in [0.29, 0.717) is 0 Å². The summed E-state index contributed by atoms with van der Waals surface area (Å²) in [6.45, 7) is 6.46. The summed E-state index contributed by atoms with van der Waals surface area (Å²) in [5, 5.41) is 0. The standard InChI is InChI=1S/C33H28/c1-23-8-4-9-26(17-23)27-10-5-11-28(20-27)29-12-6-13-30(21-29)31-14-7-15-32(22-31)33-18-24(2)16-25(3)19-33/h4-22H,1-3H3. The van der Waals surface area contributed by atoms with E-state index in [0.717, 1.165) is 0 Å². The third kappa shape index (κ3) is 4.66. The highest BCUT2D eigenvalue weighted by molar-refractivity contribution is 5.79. The fraction of sp³-hybridized carbons (Fsp3) is 0.0909. The van der Waals surface area contributed by atoms with E-state index < -0.39 is 0 Å². The van der Waals surface area contributed by atoms with Crippen LogP contribution in [0.1, 0.15) is 16.7 Å². The second-order valence-corrected chi connectivity index (χ2v) is 8.99. The van der Waals surface area contributed by atoms with Crippen LogP contribution < -0.4 is 0 Å². The SMILES string of the molecule is Cc1cccc(-c2cccc(-c3cccc(-c4cccc(-c5cc(C)cc(C)c5)c4)c3)c2)c1. The molecule has 0 bridgehead atoms. The lowest BCUT2D eigenvalue weighted by atomic mass is 9.94. The molecule has 0 saturated heterocycles. The third-order valence-electron chi connectivity index (χ3n) is 6.16. The van der Waals surface area contributed by atoms with Crippen LogP contribution in [0.4, 0.5) is 0 Å². The van der Waals surface area contributed by atoms with E-state index in [1.165, 1.54) is 61.2 Å². The number of aryl methyl sites for hydroxylation is 3. The zero-order valence-electron chi connectivity index (χ0n) is 19.5. The smallest absolute Gasteiger partial charge is 0.0178 e. The van der Waals surface area contributed by atoms with Gasteiger partial charge in [-0.2, -0.15) is 0 Å². The molecule has 33 heavy (non-hydrogen) atoms. The lowest BCUT2D eigenvalue weighted by molar-refractivity contribution is 1.38. The number of rotatable bonds is 4. The number of benzene rings is 5. The van der Waals surface area contributed by atoms with Crippen LogP contribution in [-0.2, 0) is 0 Å². The molecule has 0 radical (unpaired) electrons. The Kier molecular flexibility index (Phi) is 5.67. The Bertz CT molecular complexity index is 1420. The first kappa shape index (κ1) is 21.0. The first-order valence-electron chi connectivity index (χ1n) is 11.5. The molecule has 0 fully saturated rings. The van der Waals surface area contributed by atoms with Gasteiger partial charge < -0.3 is 0 Å². The fourth-order valence-corrected chi connectivity index (χ4v) is 4.60. The molecular formula is C33H28. The molecule has 0 aliphatic rings. The average molecular weight is 425 g/mol. The van der Waals surface area contributed by atoms with Gasteiger partial charge in [-0.3, -0.25) is 0 Å². The largest absolute Gasteiger partial charge is 0.0614 e. The summed E-state index contributed by atoms with van der Waals surface area (Å²) < 4.78 is 0. The molecule has 0 atom stereocenters. The minimum atomic E-state index is 1.24. The number of hydrogen-bond donors (Lipinski definition) is 0. The lowest BCUT2D eigenvalue weighted by Crippen LogP contribution is -1.86. The molecule has 0 aromatic heterocycles. The van der Waals surface area contributed by atoms with Crippen molar-refractivity contribution in [1.82, 2.24) is 0 Å². The second-order valence-electron chi connectivity index (χ2n) is 8.99. The monoisotopic (exact) mass is 424 g/mol. The first-order chi connectivity index (χ1) is 16.0. The van der Waals surface area contributed by atoms with Crippen LogP contribution in [-0.4, -0.2) is 0 Å². The lowest BCUT2D eigenvalue weighted by Gasteiger charge is -2.11. The van der Waals surface area contributed by atoms with E-state index in [4.69, 9.17) is 0 Å². The van der Waals surface area contributed by atoms with Crippen LogP contribution in [0.15, 0.2) is 115 Å². The molecule has 5 aromatic carbocycles. The summed E-state index contributed by atoms with van der Waals surface area (Å²) in [6.07, 6.45) is 0. The van der Waals surface area contributed by atoms with E-state index in [9.17, 15) is 0 Å². The minimum absolute atomic E-state index is 1.24. The quantitative estimate of drug-likeness (QED) is 0.270. The van der Waals surface area contributed by atoms with E-state index in [1.54, 1.807) is 0 Å². The Hall–Kier alpha value is -3.90. The maximum atomic E-state index is 2.30. The van der Waals surface area contributed by atoms with Crippen molar-refractivity contribution in [1.29, 1.82) is 0 Å². The Labute approximate surface area is 197 Å². The van der Waals surface area contributed by atoms with E-state index in [-0.39, 0.29) is 0 Å². The van der Waals surface area contributed by atoms with Gasteiger partial charge in [-0.05, 0) is 83.5 Å². The Balaban J connectivity index is 1.51. The highest BCUT2D eigenvalue weighted by atomic mass is 14.1. The fourth-order valence-electron chi connectivity index (χ4n) is 4.60. The van der Waals surface area contributed by atoms with Gasteiger partial charge in [-0.1, -0.05) is 114 Å². The molecular weight excluding hydrogens is 396 g/mol. The molecule has 0 nitrogen and oxygen atoms in total. The van der Waals surface area contributed by atoms with Crippen molar-refractivity contribution >= 4 is 0 Å². The van der Waals surface area contributed by atoms with Crippen molar-refractivity contribution in [2.75, 3.05) is 0 Å². The molecule has 5 rings (SSSR count). The molecule has 0 amide bonds. The first-order valence-corrected chi connectivity index (χ1v) is 11.5. The highest BCUT2D eigenvalue weighted by Gasteiger charge is 2.06. The van der Waals surface area contributed by atoms with E-state index >= 15 is 0 Å². The molecule has 0 aliphatic carbocycles. The second kappa shape index (κ2) is 8.92. The Morgan fingerprint density at radius 3 is 0.970 bits per heavy atom. The van der Waals surface area contributed by atoms with Crippen LogP contribution in [0.5, 0.6) is 0 Å². The van der Waals surface area contributed by atoms with Gasteiger partial charge in [-0.15, -0.1) is 0 Å². The molecule has 0 unspecified atom stereocenters. The molecule has 0 heteroatoms. The van der Waals surface area contributed by atoms with Crippen molar-refractivity contribution in [3.8, 4) is 44.5 Å². The molecule has 0 heterocycles. The minimum Gasteiger partial charge on any atom is -0.0614 e.